The van der Waals surface area contributed by atoms with Gasteiger partial charge in [-0.15, -0.1) is 0 Å². The van der Waals surface area contributed by atoms with E-state index in [4.69, 9.17) is 32.0 Å². The van der Waals surface area contributed by atoms with E-state index in [0.717, 1.165) is 11.3 Å². The molecule has 0 radical (unpaired) electrons. The Morgan fingerprint density at radius 1 is 1.24 bits per heavy atom. The van der Waals surface area contributed by atoms with E-state index in [2.05, 4.69) is 5.16 Å². The minimum atomic E-state index is -0.0535. The van der Waals surface area contributed by atoms with Crippen LogP contribution in [0.4, 0.5) is 0 Å². The lowest BCUT2D eigenvalue weighted by Gasteiger charge is -2.11. The summed E-state index contributed by atoms with van der Waals surface area (Å²) in [6.45, 7) is 0.345. The number of nitrogens with zero attached hydrogens (tertiary/aromatic N) is 1. The molecule has 0 atom stereocenters. The van der Waals surface area contributed by atoms with Gasteiger partial charge in [0.15, 0.2) is 5.84 Å². The van der Waals surface area contributed by atoms with E-state index < -0.39 is 0 Å². The van der Waals surface area contributed by atoms with Crippen LogP contribution in [-0.4, -0.2) is 18.2 Å². The predicted octanol–water partition coefficient (Wildman–Crippen LogP) is 3.02. The number of ether oxygens (including phenoxy) is 2. The molecule has 5 nitrogen and oxygen atoms in total. The van der Waals surface area contributed by atoms with E-state index in [1.54, 1.807) is 25.3 Å². The Morgan fingerprint density at radius 2 is 1.95 bits per heavy atom. The van der Waals surface area contributed by atoms with Gasteiger partial charge in [0.05, 0.1) is 12.7 Å². The van der Waals surface area contributed by atoms with Gasteiger partial charge in [-0.25, -0.2) is 0 Å². The Morgan fingerprint density at radius 3 is 2.57 bits per heavy atom. The summed E-state index contributed by atoms with van der Waals surface area (Å²) in [6, 6.07) is 12.4. The molecule has 0 aliphatic rings. The minimum absolute atomic E-state index is 0.0535. The van der Waals surface area contributed by atoms with Gasteiger partial charge in [-0.2, -0.15) is 0 Å². The molecule has 3 N–H and O–H groups in total. The smallest absolute Gasteiger partial charge is 0.173 e. The second-order valence-corrected chi connectivity index (χ2v) is 4.70. The van der Waals surface area contributed by atoms with E-state index in [9.17, 15) is 0 Å². The molecular weight excluding hydrogens is 292 g/mol. The number of amidine groups is 1. The Kier molecular flexibility index (Phi) is 4.90. The average Bonchev–Trinajstić information content (AvgIpc) is 2.53. The fourth-order valence-corrected chi connectivity index (χ4v) is 1.94. The highest BCUT2D eigenvalue weighted by atomic mass is 35.5. The molecular formula is C15H15ClN2O3. The van der Waals surface area contributed by atoms with Crippen LogP contribution in [0.2, 0.25) is 5.02 Å². The van der Waals surface area contributed by atoms with Crippen LogP contribution in [0.25, 0.3) is 0 Å². The maximum atomic E-state index is 8.80. The predicted molar refractivity (Wildman–Crippen MR) is 81.3 cm³/mol. The Labute approximate surface area is 127 Å². The van der Waals surface area contributed by atoms with Gasteiger partial charge >= 0.3 is 0 Å². The Bertz CT molecular complexity index is 642. The third-order valence-electron chi connectivity index (χ3n) is 2.88. The number of oxime groups is 1. The minimum Gasteiger partial charge on any atom is -0.497 e. The van der Waals surface area contributed by atoms with Crippen molar-refractivity contribution in [3.05, 3.63) is 58.6 Å². The topological polar surface area (TPSA) is 77.1 Å². The Balaban J connectivity index is 2.15. The van der Waals surface area contributed by atoms with Crippen molar-refractivity contribution in [1.82, 2.24) is 0 Å². The van der Waals surface area contributed by atoms with Crippen molar-refractivity contribution in [1.29, 1.82) is 0 Å². The van der Waals surface area contributed by atoms with Crippen LogP contribution in [0.1, 0.15) is 11.1 Å². The summed E-state index contributed by atoms with van der Waals surface area (Å²) >= 11 is 5.91. The molecule has 0 bridgehead atoms. The second kappa shape index (κ2) is 6.85. The Hall–Kier alpha value is -2.40. The molecule has 0 heterocycles. The quantitative estimate of drug-likeness (QED) is 0.385. The van der Waals surface area contributed by atoms with Gasteiger partial charge < -0.3 is 20.4 Å². The van der Waals surface area contributed by atoms with Gasteiger partial charge in [-0.1, -0.05) is 28.9 Å². The first-order chi connectivity index (χ1) is 10.1. The summed E-state index contributed by atoms with van der Waals surface area (Å²) in [7, 11) is 1.61. The first kappa shape index (κ1) is 15.0. The van der Waals surface area contributed by atoms with Crippen LogP contribution in [0, 0.1) is 0 Å². The van der Waals surface area contributed by atoms with Crippen LogP contribution in [0.5, 0.6) is 11.5 Å². The van der Waals surface area contributed by atoms with Crippen molar-refractivity contribution < 1.29 is 14.7 Å². The zero-order valence-corrected chi connectivity index (χ0v) is 12.2. The molecule has 21 heavy (non-hydrogen) atoms. The standard InChI is InChI=1S/C15H15ClN2O3/c1-20-12-5-2-10(3-6-12)9-21-14-7-4-11(16)8-13(14)15(17)18-19/h2-8,19H,9H2,1H3,(H2,17,18). The molecule has 2 aromatic rings. The van der Waals surface area contributed by atoms with E-state index in [1.165, 1.54) is 0 Å². The maximum Gasteiger partial charge on any atom is 0.173 e. The van der Waals surface area contributed by atoms with Crippen molar-refractivity contribution in [3.63, 3.8) is 0 Å². The maximum absolute atomic E-state index is 8.80. The first-order valence-corrected chi connectivity index (χ1v) is 6.55. The number of hydrogen-bond acceptors (Lipinski definition) is 4. The van der Waals surface area contributed by atoms with Gasteiger partial charge in [0.1, 0.15) is 18.1 Å². The molecule has 0 aliphatic heterocycles. The molecule has 6 heteroatoms. The van der Waals surface area contributed by atoms with Crippen LogP contribution in [0.3, 0.4) is 0 Å². The molecule has 0 saturated heterocycles. The summed E-state index contributed by atoms with van der Waals surface area (Å²) in [6.07, 6.45) is 0. The highest BCUT2D eigenvalue weighted by Crippen LogP contribution is 2.24. The number of hydrogen-bond donors (Lipinski definition) is 2. The number of nitrogens with two attached hydrogens (primary N) is 1. The molecule has 110 valence electrons. The van der Waals surface area contributed by atoms with Crippen molar-refractivity contribution in [2.24, 2.45) is 10.9 Å². The molecule has 0 aliphatic carbocycles. The molecule has 0 fully saturated rings. The van der Waals surface area contributed by atoms with Crippen molar-refractivity contribution >= 4 is 17.4 Å². The molecule has 0 saturated carbocycles. The third kappa shape index (κ3) is 3.79. The van der Waals surface area contributed by atoms with Gasteiger partial charge in [-0.3, -0.25) is 0 Å². The van der Waals surface area contributed by atoms with E-state index in [-0.39, 0.29) is 5.84 Å². The lowest BCUT2D eigenvalue weighted by atomic mass is 10.2. The monoisotopic (exact) mass is 306 g/mol. The summed E-state index contributed by atoms with van der Waals surface area (Å²) in [5, 5.41) is 12.3. The lowest BCUT2D eigenvalue weighted by Crippen LogP contribution is -2.15. The van der Waals surface area contributed by atoms with Crippen LogP contribution >= 0.6 is 11.6 Å². The number of halogens is 1. The highest BCUT2D eigenvalue weighted by molar-refractivity contribution is 6.31. The van der Waals surface area contributed by atoms with Gasteiger partial charge in [-0.05, 0) is 35.9 Å². The summed E-state index contributed by atoms with van der Waals surface area (Å²) in [5.41, 5.74) is 7.03. The molecule has 0 amide bonds. The summed E-state index contributed by atoms with van der Waals surface area (Å²) in [5.74, 6) is 1.22. The first-order valence-electron chi connectivity index (χ1n) is 6.17. The highest BCUT2D eigenvalue weighted by Gasteiger charge is 2.09. The van der Waals surface area contributed by atoms with Gasteiger partial charge in [0.25, 0.3) is 0 Å². The molecule has 0 aromatic heterocycles. The normalized spacial score (nSPS) is 11.2. The number of benzene rings is 2. The fraction of sp³-hybridized carbons (Fsp3) is 0.133. The van der Waals surface area contributed by atoms with E-state index in [0.29, 0.717) is 22.9 Å². The fourth-order valence-electron chi connectivity index (χ4n) is 1.76. The van der Waals surface area contributed by atoms with Gasteiger partial charge in [0.2, 0.25) is 0 Å². The van der Waals surface area contributed by atoms with Crippen LogP contribution in [-0.2, 0) is 6.61 Å². The third-order valence-corrected chi connectivity index (χ3v) is 3.11. The largest absolute Gasteiger partial charge is 0.497 e. The lowest BCUT2D eigenvalue weighted by molar-refractivity contribution is 0.303. The average molecular weight is 307 g/mol. The zero-order chi connectivity index (χ0) is 15.2. The number of rotatable bonds is 5. The zero-order valence-electron chi connectivity index (χ0n) is 11.4. The van der Waals surface area contributed by atoms with Crippen molar-refractivity contribution in [2.75, 3.05) is 7.11 Å². The second-order valence-electron chi connectivity index (χ2n) is 4.26. The summed E-state index contributed by atoms with van der Waals surface area (Å²) < 4.78 is 10.8. The molecule has 2 aromatic carbocycles. The molecule has 0 spiro atoms. The van der Waals surface area contributed by atoms with Gasteiger partial charge in [0, 0.05) is 5.02 Å². The van der Waals surface area contributed by atoms with Crippen molar-refractivity contribution in [2.45, 2.75) is 6.61 Å². The number of methoxy groups -OCH3 is 1. The van der Waals surface area contributed by atoms with Crippen molar-refractivity contribution in [3.8, 4) is 11.5 Å². The van der Waals surface area contributed by atoms with E-state index >= 15 is 0 Å². The molecule has 2 rings (SSSR count). The SMILES string of the molecule is COc1ccc(COc2ccc(Cl)cc2C(N)=NO)cc1. The van der Waals surface area contributed by atoms with Crippen LogP contribution in [0.15, 0.2) is 47.6 Å². The summed E-state index contributed by atoms with van der Waals surface area (Å²) in [4.78, 5) is 0. The molecule has 0 unspecified atom stereocenters. The van der Waals surface area contributed by atoms with Crippen LogP contribution < -0.4 is 15.2 Å². The van der Waals surface area contributed by atoms with E-state index in [1.807, 2.05) is 24.3 Å².